The van der Waals surface area contributed by atoms with Gasteiger partial charge in [-0.15, -0.1) is 0 Å². The van der Waals surface area contributed by atoms with Crippen molar-refractivity contribution in [3.05, 3.63) is 29.0 Å². The summed E-state index contributed by atoms with van der Waals surface area (Å²) in [5.74, 6) is 0.575. The van der Waals surface area contributed by atoms with Crippen LogP contribution in [0.4, 0.5) is 5.82 Å². The number of rotatable bonds is 1. The van der Waals surface area contributed by atoms with Gasteiger partial charge in [-0.3, -0.25) is 0 Å². The average Bonchev–Trinajstić information content (AvgIpc) is 2.01. The second-order valence-corrected chi connectivity index (χ2v) is 2.95. The zero-order valence-corrected chi connectivity index (χ0v) is 7.81. The van der Waals surface area contributed by atoms with Crippen LogP contribution < -0.4 is 5.73 Å². The molecule has 0 unspecified atom stereocenters. The Labute approximate surface area is 73.1 Å². The fraction of sp³-hybridized carbons (Fsp3) is 0.300. The van der Waals surface area contributed by atoms with E-state index in [1.165, 1.54) is 11.1 Å². The van der Waals surface area contributed by atoms with Gasteiger partial charge in [-0.1, -0.05) is 12.7 Å². The third-order valence-corrected chi connectivity index (χ3v) is 2.28. The molecular weight excluding hydrogens is 148 g/mol. The summed E-state index contributed by atoms with van der Waals surface area (Å²) in [6, 6.07) is 0. The molecule has 1 heterocycles. The molecule has 0 aliphatic rings. The lowest BCUT2D eigenvalue weighted by Crippen LogP contribution is -2.01. The summed E-state index contributed by atoms with van der Waals surface area (Å²) >= 11 is 0. The van der Waals surface area contributed by atoms with Crippen molar-refractivity contribution in [1.29, 1.82) is 0 Å². The standard InChI is InChI=1S/C10H14N2/c1-5-9-7(3)6(2)8(4)12-10(9)11/h5H,1H2,2-4H3,(H2,11,12). The van der Waals surface area contributed by atoms with Gasteiger partial charge in [0.05, 0.1) is 0 Å². The molecule has 12 heavy (non-hydrogen) atoms. The van der Waals surface area contributed by atoms with Gasteiger partial charge < -0.3 is 5.73 Å². The van der Waals surface area contributed by atoms with E-state index in [4.69, 9.17) is 5.73 Å². The van der Waals surface area contributed by atoms with E-state index in [1.54, 1.807) is 6.08 Å². The van der Waals surface area contributed by atoms with E-state index >= 15 is 0 Å². The highest BCUT2D eigenvalue weighted by molar-refractivity contribution is 5.65. The number of aryl methyl sites for hydroxylation is 1. The van der Waals surface area contributed by atoms with E-state index in [-0.39, 0.29) is 0 Å². The number of nitrogens with two attached hydrogens (primary N) is 1. The molecule has 64 valence electrons. The Balaban J connectivity index is 3.51. The van der Waals surface area contributed by atoms with Crippen molar-refractivity contribution in [3.63, 3.8) is 0 Å². The molecule has 2 nitrogen and oxygen atoms in total. The van der Waals surface area contributed by atoms with Crippen molar-refractivity contribution in [1.82, 2.24) is 4.98 Å². The van der Waals surface area contributed by atoms with E-state index in [1.807, 2.05) is 20.8 Å². The Kier molecular flexibility index (Phi) is 2.18. The third-order valence-electron chi connectivity index (χ3n) is 2.28. The maximum Gasteiger partial charge on any atom is 0.131 e. The summed E-state index contributed by atoms with van der Waals surface area (Å²) in [6.45, 7) is 9.75. The van der Waals surface area contributed by atoms with Crippen LogP contribution in [-0.2, 0) is 0 Å². The van der Waals surface area contributed by atoms with Gasteiger partial charge in [0.25, 0.3) is 0 Å². The van der Waals surface area contributed by atoms with Gasteiger partial charge in [-0.2, -0.15) is 0 Å². The molecule has 0 saturated carbocycles. The lowest BCUT2D eigenvalue weighted by Gasteiger charge is -2.09. The molecule has 1 aromatic rings. The Morgan fingerprint density at radius 3 is 2.33 bits per heavy atom. The second-order valence-electron chi connectivity index (χ2n) is 2.95. The smallest absolute Gasteiger partial charge is 0.131 e. The summed E-state index contributed by atoms with van der Waals surface area (Å²) in [5.41, 5.74) is 10.0. The van der Waals surface area contributed by atoms with Crippen molar-refractivity contribution in [2.75, 3.05) is 5.73 Å². The molecule has 2 N–H and O–H groups in total. The first-order valence-electron chi connectivity index (χ1n) is 3.93. The normalized spacial score (nSPS) is 9.92. The van der Waals surface area contributed by atoms with Crippen LogP contribution in [-0.4, -0.2) is 4.98 Å². The van der Waals surface area contributed by atoms with Crippen LogP contribution >= 0.6 is 0 Å². The summed E-state index contributed by atoms with van der Waals surface area (Å²) in [4.78, 5) is 4.21. The van der Waals surface area contributed by atoms with Crippen molar-refractivity contribution >= 4 is 11.9 Å². The van der Waals surface area contributed by atoms with Gasteiger partial charge in [-0.05, 0) is 31.9 Å². The van der Waals surface area contributed by atoms with Crippen molar-refractivity contribution < 1.29 is 0 Å². The molecule has 1 aromatic heterocycles. The van der Waals surface area contributed by atoms with Gasteiger partial charge >= 0.3 is 0 Å². The van der Waals surface area contributed by atoms with Crippen molar-refractivity contribution in [2.45, 2.75) is 20.8 Å². The first-order chi connectivity index (χ1) is 5.57. The first-order valence-corrected chi connectivity index (χ1v) is 3.93. The number of nitrogen functional groups attached to an aromatic ring is 1. The van der Waals surface area contributed by atoms with Crippen LogP contribution in [0.1, 0.15) is 22.4 Å². The molecule has 2 heteroatoms. The molecule has 0 radical (unpaired) electrons. The van der Waals surface area contributed by atoms with Crippen LogP contribution in [0.3, 0.4) is 0 Å². The number of anilines is 1. The van der Waals surface area contributed by atoms with Crippen LogP contribution in [0.2, 0.25) is 0 Å². The quantitative estimate of drug-likeness (QED) is 0.687. The molecule has 0 aliphatic heterocycles. The third kappa shape index (κ3) is 1.20. The van der Waals surface area contributed by atoms with E-state index in [0.717, 1.165) is 11.3 Å². The topological polar surface area (TPSA) is 38.9 Å². The van der Waals surface area contributed by atoms with Crippen LogP contribution in [0.15, 0.2) is 6.58 Å². The number of hydrogen-bond acceptors (Lipinski definition) is 2. The largest absolute Gasteiger partial charge is 0.383 e. The monoisotopic (exact) mass is 162 g/mol. The minimum atomic E-state index is 0.575. The molecular formula is C10H14N2. The van der Waals surface area contributed by atoms with Gasteiger partial charge in [0, 0.05) is 11.3 Å². The molecule has 0 saturated heterocycles. The van der Waals surface area contributed by atoms with Gasteiger partial charge in [0.15, 0.2) is 0 Å². The maximum atomic E-state index is 5.72. The minimum absolute atomic E-state index is 0.575. The van der Waals surface area contributed by atoms with Crippen molar-refractivity contribution in [2.24, 2.45) is 0 Å². The van der Waals surface area contributed by atoms with Crippen LogP contribution in [0, 0.1) is 20.8 Å². The van der Waals surface area contributed by atoms with Gasteiger partial charge in [0.1, 0.15) is 5.82 Å². The predicted octanol–water partition coefficient (Wildman–Crippen LogP) is 2.23. The van der Waals surface area contributed by atoms with Crippen LogP contribution in [0.25, 0.3) is 6.08 Å². The molecule has 0 spiro atoms. The summed E-state index contributed by atoms with van der Waals surface area (Å²) in [6.07, 6.45) is 1.75. The summed E-state index contributed by atoms with van der Waals surface area (Å²) in [7, 11) is 0. The lowest BCUT2D eigenvalue weighted by atomic mass is 10.0. The molecule has 0 amide bonds. The molecule has 0 bridgehead atoms. The fourth-order valence-corrected chi connectivity index (χ4v) is 1.25. The lowest BCUT2D eigenvalue weighted by molar-refractivity contribution is 1.12. The highest BCUT2D eigenvalue weighted by Crippen LogP contribution is 2.21. The molecule has 0 aliphatic carbocycles. The van der Waals surface area contributed by atoms with E-state index < -0.39 is 0 Å². The second kappa shape index (κ2) is 2.97. The summed E-state index contributed by atoms with van der Waals surface area (Å²) in [5, 5.41) is 0. The zero-order chi connectivity index (χ0) is 9.30. The van der Waals surface area contributed by atoms with E-state index in [2.05, 4.69) is 11.6 Å². The summed E-state index contributed by atoms with van der Waals surface area (Å²) < 4.78 is 0. The highest BCUT2D eigenvalue weighted by atomic mass is 14.8. The Morgan fingerprint density at radius 1 is 1.25 bits per heavy atom. The maximum absolute atomic E-state index is 5.72. The molecule has 1 rings (SSSR count). The molecule has 0 aromatic carbocycles. The van der Waals surface area contributed by atoms with Gasteiger partial charge in [0.2, 0.25) is 0 Å². The predicted molar refractivity (Wildman–Crippen MR) is 53.0 cm³/mol. The first kappa shape index (κ1) is 8.78. The number of nitrogens with zero attached hydrogens (tertiary/aromatic N) is 1. The highest BCUT2D eigenvalue weighted by Gasteiger charge is 2.06. The van der Waals surface area contributed by atoms with Crippen LogP contribution in [0.5, 0.6) is 0 Å². The SMILES string of the molecule is C=Cc1c(N)nc(C)c(C)c1C. The Morgan fingerprint density at radius 2 is 1.83 bits per heavy atom. The Bertz CT molecular complexity index is 327. The van der Waals surface area contributed by atoms with Crippen molar-refractivity contribution in [3.8, 4) is 0 Å². The minimum Gasteiger partial charge on any atom is -0.383 e. The fourth-order valence-electron chi connectivity index (χ4n) is 1.25. The average molecular weight is 162 g/mol. The number of aromatic nitrogens is 1. The number of hydrogen-bond donors (Lipinski definition) is 1. The van der Waals surface area contributed by atoms with E-state index in [9.17, 15) is 0 Å². The number of pyridine rings is 1. The Hall–Kier alpha value is -1.31. The zero-order valence-electron chi connectivity index (χ0n) is 7.81. The van der Waals surface area contributed by atoms with E-state index in [0.29, 0.717) is 5.82 Å². The molecule has 0 atom stereocenters. The van der Waals surface area contributed by atoms with Gasteiger partial charge in [-0.25, -0.2) is 4.98 Å². The molecule has 0 fully saturated rings.